The van der Waals surface area contributed by atoms with E-state index in [1.54, 1.807) is 0 Å². The van der Waals surface area contributed by atoms with E-state index >= 15 is 0 Å². The minimum absolute atomic E-state index is 0.144. The maximum absolute atomic E-state index is 12.9. The Hall–Kier alpha value is -2.74. The summed E-state index contributed by atoms with van der Waals surface area (Å²) in [6.45, 7) is 6.28. The van der Waals surface area contributed by atoms with Crippen molar-refractivity contribution in [3.63, 3.8) is 0 Å². The topological polar surface area (TPSA) is 134 Å². The Kier molecular flexibility index (Phi) is 22.0. The van der Waals surface area contributed by atoms with E-state index in [0.29, 0.717) is 42.0 Å². The number of benzene rings is 6. The lowest BCUT2D eigenvalue weighted by molar-refractivity contribution is -0.164. The molecule has 0 N–H and O–H groups in total. The second kappa shape index (κ2) is 28.8. The highest BCUT2D eigenvalue weighted by Crippen LogP contribution is 2.63. The summed E-state index contributed by atoms with van der Waals surface area (Å²) in [5, 5.41) is 0. The van der Waals surface area contributed by atoms with Gasteiger partial charge in [-0.1, -0.05) is 19.3 Å². The molecule has 0 saturated heterocycles. The molecule has 6 aromatic rings. The molecule has 446 valence electrons. The van der Waals surface area contributed by atoms with E-state index in [4.69, 9.17) is 42.6 Å². The standard InChI is InChI=1S/C65H66I6O12S/c1-63(21-7-4-8-22-63)81-60(72)37-77-54-31-48(66)40(27-50(54)68)35-75-43-15-19-58-46(29-43)47-30-44(76-36-41-28-51(69)55(32-49(41)67)78-38-61(73)82-64(2)23-9-5-10-24-64)16-20-59(47)84(58)45-17-13-42(14-18-45)80-57-34-52(70)56(33-53(57)71)79-39-62(74)83-65(3)25-11-6-12-26-65/h13-20,27-34,84H,4-12,21-26,35-39H2,1-3H3. The lowest BCUT2D eigenvalue weighted by atomic mass is 9.86. The molecule has 1 heterocycles. The molecule has 3 fully saturated rings. The molecule has 0 spiro atoms. The van der Waals surface area contributed by atoms with Crippen LogP contribution >= 0.6 is 146 Å². The maximum atomic E-state index is 12.9. The van der Waals surface area contributed by atoms with Crippen LogP contribution in [-0.4, -0.2) is 54.5 Å². The van der Waals surface area contributed by atoms with Crippen LogP contribution in [0.4, 0.5) is 0 Å². The Morgan fingerprint density at radius 1 is 0.393 bits per heavy atom. The minimum atomic E-state index is -0.991. The van der Waals surface area contributed by atoms with E-state index in [0.717, 1.165) is 137 Å². The van der Waals surface area contributed by atoms with Gasteiger partial charge in [0.15, 0.2) is 19.8 Å². The van der Waals surface area contributed by atoms with Gasteiger partial charge in [0, 0.05) is 28.1 Å². The summed E-state index contributed by atoms with van der Waals surface area (Å²) in [6.07, 6.45) is 15.2. The number of fused-ring (bicyclic) bond motifs is 3. The number of hydrogen-bond donors (Lipinski definition) is 1. The molecular formula is C65H66I6O12S. The molecule has 0 atom stereocenters. The lowest BCUT2D eigenvalue weighted by Gasteiger charge is -2.33. The summed E-state index contributed by atoms with van der Waals surface area (Å²) in [7, 11) is -0.991. The van der Waals surface area contributed by atoms with Gasteiger partial charge in [0.25, 0.3) is 0 Å². The van der Waals surface area contributed by atoms with E-state index in [1.807, 2.05) is 69.3 Å². The second-order valence-corrected chi connectivity index (χ2v) is 31.8. The number of carbonyl (C=O) groups excluding carboxylic acids is 3. The Balaban J connectivity index is 0.842. The van der Waals surface area contributed by atoms with Gasteiger partial charge in [-0.15, -0.1) is 0 Å². The Bertz CT molecular complexity index is 3240. The predicted molar refractivity (Wildman–Crippen MR) is 376 cm³/mol. The Morgan fingerprint density at radius 2 is 0.726 bits per heavy atom. The smallest absolute Gasteiger partial charge is 0.344 e. The number of thiol groups is 1. The molecule has 10 rings (SSSR count). The molecule has 0 radical (unpaired) electrons. The Morgan fingerprint density at radius 3 is 1.12 bits per heavy atom. The van der Waals surface area contributed by atoms with Crippen molar-refractivity contribution < 1.29 is 57.0 Å². The SMILES string of the molecule is CC1(OC(=O)COc2cc(I)c(COc3ccc4c(c3)-c3cc(OCc5cc(I)c(OCC(=O)OC6(C)CCCCC6)cc5I)ccc3[SH]4c3ccc(Oc4cc(I)c(OCC(=O)OC5(C)CCCCC5)cc4I)cc3)cc2I)CCCCC1. The van der Waals surface area contributed by atoms with Gasteiger partial charge < -0.3 is 42.6 Å². The van der Waals surface area contributed by atoms with E-state index < -0.39 is 27.7 Å². The maximum Gasteiger partial charge on any atom is 0.344 e. The number of hydrogen-bond acceptors (Lipinski definition) is 12. The highest BCUT2D eigenvalue weighted by Gasteiger charge is 2.34. The third-order valence-corrected chi connectivity index (χ3v) is 23.8. The molecule has 84 heavy (non-hydrogen) atoms. The molecule has 0 amide bonds. The van der Waals surface area contributed by atoms with Crippen molar-refractivity contribution >= 4 is 164 Å². The number of carbonyl (C=O) groups is 3. The minimum Gasteiger partial charge on any atom is -0.489 e. The first-order valence-electron chi connectivity index (χ1n) is 28.4. The van der Waals surface area contributed by atoms with Gasteiger partial charge in [0.2, 0.25) is 0 Å². The van der Waals surface area contributed by atoms with Gasteiger partial charge >= 0.3 is 17.9 Å². The van der Waals surface area contributed by atoms with Crippen molar-refractivity contribution in [1.29, 1.82) is 0 Å². The van der Waals surface area contributed by atoms with Crippen LogP contribution in [0.3, 0.4) is 0 Å². The van der Waals surface area contributed by atoms with Crippen molar-refractivity contribution in [3.8, 4) is 51.4 Å². The van der Waals surface area contributed by atoms with Gasteiger partial charge in [0.05, 0.1) is 14.3 Å². The number of halogens is 6. The van der Waals surface area contributed by atoms with Crippen LogP contribution in [0.15, 0.2) is 112 Å². The van der Waals surface area contributed by atoms with Gasteiger partial charge in [-0.25, -0.2) is 14.4 Å². The zero-order valence-corrected chi connectivity index (χ0v) is 60.8. The first-order chi connectivity index (χ1) is 40.3. The summed E-state index contributed by atoms with van der Waals surface area (Å²) < 4.78 is 60.7. The van der Waals surface area contributed by atoms with Crippen LogP contribution in [0.5, 0.6) is 40.2 Å². The van der Waals surface area contributed by atoms with E-state index in [9.17, 15) is 14.4 Å². The molecule has 4 aliphatic rings. The van der Waals surface area contributed by atoms with Crippen LogP contribution in [0.2, 0.25) is 0 Å². The summed E-state index contributed by atoms with van der Waals surface area (Å²) in [4.78, 5) is 42.1. The molecule has 0 unspecified atom stereocenters. The third-order valence-electron chi connectivity index (χ3n) is 15.9. The fourth-order valence-corrected chi connectivity index (χ4v) is 17.6. The first kappa shape index (κ1) is 64.3. The zero-order valence-electron chi connectivity index (χ0n) is 47.0. The third kappa shape index (κ3) is 16.6. The van der Waals surface area contributed by atoms with Crippen LogP contribution in [0, 0.1) is 21.4 Å². The molecule has 1 aliphatic heterocycles. The molecule has 3 aliphatic carbocycles. The van der Waals surface area contributed by atoms with Gasteiger partial charge in [-0.3, -0.25) is 0 Å². The molecule has 12 nitrogen and oxygen atoms in total. The largest absolute Gasteiger partial charge is 0.489 e. The summed E-state index contributed by atoms with van der Waals surface area (Å²) in [5.41, 5.74) is 2.88. The molecule has 6 aromatic carbocycles. The lowest BCUT2D eigenvalue weighted by Crippen LogP contribution is -2.35. The van der Waals surface area contributed by atoms with Crippen molar-refractivity contribution in [3.05, 3.63) is 130 Å². The van der Waals surface area contributed by atoms with Crippen molar-refractivity contribution in [2.24, 2.45) is 0 Å². The van der Waals surface area contributed by atoms with E-state index in [1.165, 1.54) is 29.1 Å². The number of ether oxygens (including phenoxy) is 9. The highest BCUT2D eigenvalue weighted by atomic mass is 127. The normalized spacial score (nSPS) is 17.0. The molecule has 0 aromatic heterocycles. The summed E-state index contributed by atoms with van der Waals surface area (Å²) in [5.74, 6) is 3.66. The van der Waals surface area contributed by atoms with Crippen molar-refractivity contribution in [1.82, 2.24) is 0 Å². The zero-order chi connectivity index (χ0) is 59.2. The van der Waals surface area contributed by atoms with Gasteiger partial charge in [-0.2, -0.15) is 10.9 Å². The second-order valence-electron chi connectivity index (χ2n) is 22.6. The van der Waals surface area contributed by atoms with Gasteiger partial charge in [0.1, 0.15) is 70.3 Å². The molecule has 19 heteroatoms. The average Bonchev–Trinajstić information content (AvgIpc) is 2.18. The van der Waals surface area contributed by atoms with E-state index in [2.05, 4.69) is 184 Å². The number of esters is 3. The molecular weight excluding hydrogens is 1770 g/mol. The molecule has 3 saturated carbocycles. The molecule has 0 bridgehead atoms. The van der Waals surface area contributed by atoms with Gasteiger partial charge in [-0.05, 0) is 346 Å². The quantitative estimate of drug-likeness (QED) is 0.0318. The summed E-state index contributed by atoms with van der Waals surface area (Å²) in [6, 6.07) is 32.9. The van der Waals surface area contributed by atoms with Crippen LogP contribution in [0.25, 0.3) is 11.1 Å². The van der Waals surface area contributed by atoms with Crippen LogP contribution < -0.4 is 28.4 Å². The monoisotopic (exact) mass is 1830 g/mol. The first-order valence-corrected chi connectivity index (χ1v) is 36.2. The van der Waals surface area contributed by atoms with E-state index in [-0.39, 0.29) is 37.7 Å². The van der Waals surface area contributed by atoms with Crippen molar-refractivity contribution in [2.45, 2.75) is 162 Å². The summed E-state index contributed by atoms with van der Waals surface area (Å²) >= 11 is 13.6. The van der Waals surface area contributed by atoms with Crippen molar-refractivity contribution in [2.75, 3.05) is 19.8 Å². The average molecular weight is 1830 g/mol. The fourth-order valence-electron chi connectivity index (χ4n) is 11.4. The Labute approximate surface area is 576 Å². The number of rotatable bonds is 21. The van der Waals surface area contributed by atoms with Crippen LogP contribution in [-0.2, 0) is 41.8 Å². The fraction of sp³-hybridized carbons (Fsp3) is 0.400. The highest BCUT2D eigenvalue weighted by molar-refractivity contribution is 14.1. The predicted octanol–water partition coefficient (Wildman–Crippen LogP) is 18.7. The van der Waals surface area contributed by atoms with Crippen LogP contribution in [0.1, 0.15) is 128 Å².